The minimum Gasteiger partial charge on any atom is -0.383 e. The maximum atomic E-state index is 11.8. The van der Waals surface area contributed by atoms with Gasteiger partial charge in [0.25, 0.3) is 0 Å². The summed E-state index contributed by atoms with van der Waals surface area (Å²) >= 11 is 0. The molecule has 0 heterocycles. The van der Waals surface area contributed by atoms with Crippen LogP contribution in [0, 0.1) is 0 Å². The average Bonchev–Trinajstić information content (AvgIpc) is 2.27. The van der Waals surface area contributed by atoms with Crippen LogP contribution in [-0.4, -0.2) is 69.9 Å². The maximum Gasteiger partial charge on any atom is 0.319 e. The molecule has 0 aromatic heterocycles. The molecule has 0 aromatic rings. The van der Waals surface area contributed by atoms with Gasteiger partial charge in [-0.1, -0.05) is 0 Å². The monoisotopic (exact) mass is 218 g/mol. The van der Waals surface area contributed by atoms with Crippen molar-refractivity contribution in [3.63, 3.8) is 0 Å². The molecule has 15 heavy (non-hydrogen) atoms. The van der Waals surface area contributed by atoms with E-state index in [1.165, 1.54) is 0 Å². The summed E-state index contributed by atoms with van der Waals surface area (Å²) in [6, 6.07) is 0.0200. The van der Waals surface area contributed by atoms with Crippen molar-refractivity contribution in [1.29, 1.82) is 0 Å². The van der Waals surface area contributed by atoms with E-state index in [1.807, 2.05) is 6.92 Å². The zero-order valence-electron chi connectivity index (χ0n) is 10.2. The fourth-order valence-corrected chi connectivity index (χ4v) is 1.08. The van der Waals surface area contributed by atoms with Crippen molar-refractivity contribution in [1.82, 2.24) is 9.80 Å². The Hall–Kier alpha value is -0.810. The first kappa shape index (κ1) is 14.2. The molecule has 2 amide bonds. The summed E-state index contributed by atoms with van der Waals surface area (Å²) in [6.07, 6.45) is 0. The number of methoxy groups -OCH3 is 2. The van der Waals surface area contributed by atoms with Crippen LogP contribution >= 0.6 is 0 Å². The lowest BCUT2D eigenvalue weighted by molar-refractivity contribution is 0.109. The van der Waals surface area contributed by atoms with Gasteiger partial charge in [0.05, 0.1) is 13.2 Å². The van der Waals surface area contributed by atoms with Crippen LogP contribution in [0.5, 0.6) is 0 Å². The summed E-state index contributed by atoms with van der Waals surface area (Å²) < 4.78 is 9.93. The molecule has 0 bridgehead atoms. The van der Waals surface area contributed by atoms with E-state index >= 15 is 0 Å². The zero-order chi connectivity index (χ0) is 11.7. The molecule has 0 spiro atoms. The van der Waals surface area contributed by atoms with Gasteiger partial charge in [-0.15, -0.1) is 0 Å². The minimum atomic E-state index is 0.0200. The van der Waals surface area contributed by atoms with Gasteiger partial charge >= 0.3 is 6.03 Å². The van der Waals surface area contributed by atoms with E-state index < -0.39 is 0 Å². The fourth-order valence-electron chi connectivity index (χ4n) is 1.08. The molecular formula is C10H22N2O3. The maximum absolute atomic E-state index is 11.8. The predicted molar refractivity (Wildman–Crippen MR) is 59.0 cm³/mol. The first-order valence-corrected chi connectivity index (χ1v) is 5.15. The molecule has 0 aromatic carbocycles. The zero-order valence-corrected chi connectivity index (χ0v) is 10.2. The highest BCUT2D eigenvalue weighted by atomic mass is 16.5. The largest absolute Gasteiger partial charge is 0.383 e. The van der Waals surface area contributed by atoms with Gasteiger partial charge in [-0.25, -0.2) is 4.79 Å². The number of amides is 2. The number of ether oxygens (including phenoxy) is 2. The lowest BCUT2D eigenvalue weighted by Crippen LogP contribution is -2.44. The third kappa shape index (κ3) is 5.59. The lowest BCUT2D eigenvalue weighted by atomic mass is 10.5. The van der Waals surface area contributed by atoms with Gasteiger partial charge in [0, 0.05) is 40.9 Å². The van der Waals surface area contributed by atoms with E-state index in [0.29, 0.717) is 32.8 Å². The first-order valence-electron chi connectivity index (χ1n) is 5.15. The van der Waals surface area contributed by atoms with Crippen molar-refractivity contribution < 1.29 is 14.3 Å². The molecular weight excluding hydrogens is 196 g/mol. The Morgan fingerprint density at radius 3 is 1.93 bits per heavy atom. The molecule has 5 nitrogen and oxygen atoms in total. The van der Waals surface area contributed by atoms with Gasteiger partial charge in [-0.05, 0) is 6.92 Å². The highest BCUT2D eigenvalue weighted by molar-refractivity contribution is 5.74. The summed E-state index contributed by atoms with van der Waals surface area (Å²) in [5.74, 6) is 0. The van der Waals surface area contributed by atoms with Crippen molar-refractivity contribution in [2.75, 3.05) is 54.1 Å². The Balaban J connectivity index is 4.13. The number of carbonyl (C=O) groups is 1. The molecule has 90 valence electrons. The summed E-state index contributed by atoms with van der Waals surface area (Å²) in [6.45, 7) is 4.95. The molecule has 0 aliphatic heterocycles. The van der Waals surface area contributed by atoms with E-state index in [2.05, 4.69) is 0 Å². The third-order valence-corrected chi connectivity index (χ3v) is 2.20. The van der Waals surface area contributed by atoms with Gasteiger partial charge in [0.15, 0.2) is 0 Å². The Morgan fingerprint density at radius 1 is 1.13 bits per heavy atom. The van der Waals surface area contributed by atoms with Gasteiger partial charge in [-0.3, -0.25) is 0 Å². The number of urea groups is 1. The van der Waals surface area contributed by atoms with Crippen LogP contribution in [0.3, 0.4) is 0 Å². The lowest BCUT2D eigenvalue weighted by Gasteiger charge is -2.27. The van der Waals surface area contributed by atoms with Crippen molar-refractivity contribution in [3.05, 3.63) is 0 Å². The standard InChI is InChI=1S/C10H22N2O3/c1-5-11(2)10(13)12(6-8-14-3)7-9-15-4/h5-9H2,1-4H3. The summed E-state index contributed by atoms with van der Waals surface area (Å²) in [4.78, 5) is 15.2. The van der Waals surface area contributed by atoms with E-state index in [-0.39, 0.29) is 6.03 Å². The topological polar surface area (TPSA) is 42.0 Å². The quantitative estimate of drug-likeness (QED) is 0.630. The molecule has 0 fully saturated rings. The predicted octanol–water partition coefficient (Wildman–Crippen LogP) is 0.653. The molecule has 0 saturated heterocycles. The third-order valence-electron chi connectivity index (χ3n) is 2.20. The van der Waals surface area contributed by atoms with Crippen LogP contribution in [-0.2, 0) is 9.47 Å². The number of hydrogen-bond donors (Lipinski definition) is 0. The molecule has 0 aliphatic carbocycles. The van der Waals surface area contributed by atoms with Crippen LogP contribution in [0.2, 0.25) is 0 Å². The fraction of sp³-hybridized carbons (Fsp3) is 0.900. The van der Waals surface area contributed by atoms with E-state index in [4.69, 9.17) is 9.47 Å². The minimum absolute atomic E-state index is 0.0200. The summed E-state index contributed by atoms with van der Waals surface area (Å²) in [7, 11) is 5.04. The molecule has 0 unspecified atom stereocenters. The van der Waals surface area contributed by atoms with Gasteiger partial charge in [0.1, 0.15) is 0 Å². The van der Waals surface area contributed by atoms with Crippen molar-refractivity contribution >= 4 is 6.03 Å². The Bertz CT molecular complexity index is 168. The second kappa shape index (κ2) is 8.49. The Kier molecular flexibility index (Phi) is 8.04. The molecule has 0 atom stereocenters. The normalized spacial score (nSPS) is 10.1. The molecule has 0 saturated carbocycles. The van der Waals surface area contributed by atoms with Gasteiger partial charge in [0.2, 0.25) is 0 Å². The van der Waals surface area contributed by atoms with Gasteiger partial charge in [-0.2, -0.15) is 0 Å². The average molecular weight is 218 g/mol. The van der Waals surface area contributed by atoms with Crippen molar-refractivity contribution in [2.45, 2.75) is 6.92 Å². The SMILES string of the molecule is CCN(C)C(=O)N(CCOC)CCOC. The van der Waals surface area contributed by atoms with E-state index in [1.54, 1.807) is 31.1 Å². The summed E-state index contributed by atoms with van der Waals surface area (Å²) in [5, 5.41) is 0. The van der Waals surface area contributed by atoms with E-state index in [9.17, 15) is 4.79 Å². The smallest absolute Gasteiger partial charge is 0.319 e. The molecule has 0 N–H and O–H groups in total. The number of carbonyl (C=O) groups excluding carboxylic acids is 1. The van der Waals surface area contributed by atoms with E-state index in [0.717, 1.165) is 0 Å². The number of hydrogen-bond acceptors (Lipinski definition) is 3. The first-order chi connectivity index (χ1) is 7.17. The summed E-state index contributed by atoms with van der Waals surface area (Å²) in [5.41, 5.74) is 0. The highest BCUT2D eigenvalue weighted by Gasteiger charge is 2.15. The number of nitrogens with zero attached hydrogens (tertiary/aromatic N) is 2. The van der Waals surface area contributed by atoms with Crippen LogP contribution in [0.15, 0.2) is 0 Å². The van der Waals surface area contributed by atoms with Crippen LogP contribution < -0.4 is 0 Å². The molecule has 0 aliphatic rings. The molecule has 0 rings (SSSR count). The van der Waals surface area contributed by atoms with Gasteiger partial charge < -0.3 is 19.3 Å². The van der Waals surface area contributed by atoms with Crippen molar-refractivity contribution in [2.24, 2.45) is 0 Å². The molecule has 0 radical (unpaired) electrons. The highest BCUT2D eigenvalue weighted by Crippen LogP contribution is 1.97. The number of rotatable bonds is 7. The van der Waals surface area contributed by atoms with Crippen molar-refractivity contribution in [3.8, 4) is 0 Å². The second-order valence-corrected chi connectivity index (χ2v) is 3.27. The van der Waals surface area contributed by atoms with Crippen LogP contribution in [0.25, 0.3) is 0 Å². The Labute approximate surface area is 91.9 Å². The molecule has 5 heteroatoms. The Morgan fingerprint density at radius 2 is 1.60 bits per heavy atom. The van der Waals surface area contributed by atoms with Crippen LogP contribution in [0.4, 0.5) is 4.79 Å². The second-order valence-electron chi connectivity index (χ2n) is 3.27. The van der Waals surface area contributed by atoms with Crippen LogP contribution in [0.1, 0.15) is 6.92 Å².